The van der Waals surface area contributed by atoms with Gasteiger partial charge in [-0.3, -0.25) is 9.57 Å². The molecule has 1 aliphatic rings. The number of carboxylic acids is 1. The zero-order valence-corrected chi connectivity index (χ0v) is 13.5. The first kappa shape index (κ1) is 17.0. The topological polar surface area (TPSA) is 104 Å². The van der Waals surface area contributed by atoms with Crippen LogP contribution in [0.4, 0.5) is 0 Å². The standard InChI is InChI=1S/C16H24N2O3S/c17-14(15(19)20)7-11-22(18,21)12-10-16(8-4-9-16)13-5-2-1-3-6-13/h1-3,5-6,14,18H,4,7-12,17H2,(H,19,20)/t14-,22+/m0/s1. The van der Waals surface area contributed by atoms with Crippen LogP contribution in [0.1, 0.15) is 37.7 Å². The minimum absolute atomic E-state index is 0.0554. The van der Waals surface area contributed by atoms with E-state index in [0.717, 1.165) is 25.7 Å². The summed E-state index contributed by atoms with van der Waals surface area (Å²) in [6.07, 6.45) is 4.12. The molecule has 2 atom stereocenters. The lowest BCUT2D eigenvalue weighted by Crippen LogP contribution is -2.37. The molecule has 1 aliphatic carbocycles. The average molecular weight is 324 g/mol. The maximum absolute atomic E-state index is 12.3. The van der Waals surface area contributed by atoms with Gasteiger partial charge in [-0.2, -0.15) is 0 Å². The number of aliphatic carboxylic acids is 1. The Balaban J connectivity index is 1.94. The van der Waals surface area contributed by atoms with Crippen molar-refractivity contribution in [3.8, 4) is 0 Å². The molecule has 4 N–H and O–H groups in total. The molecule has 1 aromatic carbocycles. The lowest BCUT2D eigenvalue weighted by atomic mass is 9.63. The summed E-state index contributed by atoms with van der Waals surface area (Å²) in [7, 11) is -2.77. The minimum Gasteiger partial charge on any atom is -0.480 e. The van der Waals surface area contributed by atoms with Crippen molar-refractivity contribution >= 4 is 15.7 Å². The molecule has 2 rings (SSSR count). The van der Waals surface area contributed by atoms with Crippen LogP contribution in [0.3, 0.4) is 0 Å². The lowest BCUT2D eigenvalue weighted by molar-refractivity contribution is -0.138. The van der Waals surface area contributed by atoms with Gasteiger partial charge in [0.1, 0.15) is 6.04 Å². The Bertz CT molecular complexity index is 610. The summed E-state index contributed by atoms with van der Waals surface area (Å²) >= 11 is 0. The van der Waals surface area contributed by atoms with Crippen molar-refractivity contribution in [2.24, 2.45) is 5.73 Å². The summed E-state index contributed by atoms with van der Waals surface area (Å²) in [6.45, 7) is 0. The smallest absolute Gasteiger partial charge is 0.320 e. The fourth-order valence-electron chi connectivity index (χ4n) is 2.98. The molecule has 0 bridgehead atoms. The van der Waals surface area contributed by atoms with E-state index >= 15 is 0 Å². The molecule has 0 unspecified atom stereocenters. The van der Waals surface area contributed by atoms with Crippen LogP contribution in [0.2, 0.25) is 0 Å². The Hall–Kier alpha value is -1.40. The van der Waals surface area contributed by atoms with Crippen molar-refractivity contribution in [3.63, 3.8) is 0 Å². The zero-order chi connectivity index (χ0) is 16.2. The molecule has 0 spiro atoms. The molecule has 5 nitrogen and oxygen atoms in total. The monoisotopic (exact) mass is 324 g/mol. The number of carbonyl (C=O) groups is 1. The number of hydrogen-bond acceptors (Lipinski definition) is 4. The Morgan fingerprint density at radius 3 is 2.45 bits per heavy atom. The third kappa shape index (κ3) is 4.08. The Labute approximate surface area is 131 Å². The van der Waals surface area contributed by atoms with Crippen molar-refractivity contribution in [2.45, 2.75) is 43.6 Å². The quantitative estimate of drug-likeness (QED) is 0.682. The van der Waals surface area contributed by atoms with Crippen molar-refractivity contribution in [1.29, 1.82) is 4.78 Å². The minimum atomic E-state index is -2.77. The second-order valence-electron chi connectivity index (χ2n) is 6.20. The van der Waals surface area contributed by atoms with Crippen LogP contribution >= 0.6 is 0 Å². The molecule has 6 heteroatoms. The van der Waals surface area contributed by atoms with E-state index in [4.69, 9.17) is 15.6 Å². The molecule has 0 saturated heterocycles. The molecule has 1 fully saturated rings. The van der Waals surface area contributed by atoms with Gasteiger partial charge in [-0.25, -0.2) is 4.21 Å². The van der Waals surface area contributed by atoms with Gasteiger partial charge in [0.2, 0.25) is 0 Å². The molecule has 0 heterocycles. The van der Waals surface area contributed by atoms with E-state index in [1.54, 1.807) is 0 Å². The van der Waals surface area contributed by atoms with Crippen LogP contribution < -0.4 is 5.73 Å². The van der Waals surface area contributed by atoms with E-state index in [9.17, 15) is 9.00 Å². The second kappa shape index (κ2) is 6.79. The van der Waals surface area contributed by atoms with E-state index < -0.39 is 21.7 Å². The maximum Gasteiger partial charge on any atom is 0.320 e. The Morgan fingerprint density at radius 1 is 1.32 bits per heavy atom. The van der Waals surface area contributed by atoms with E-state index in [1.807, 2.05) is 18.2 Å². The van der Waals surface area contributed by atoms with E-state index in [0.29, 0.717) is 5.75 Å². The molecule has 0 radical (unpaired) electrons. The van der Waals surface area contributed by atoms with Gasteiger partial charge in [0.15, 0.2) is 0 Å². The zero-order valence-electron chi connectivity index (χ0n) is 12.7. The average Bonchev–Trinajstić information content (AvgIpc) is 2.44. The first-order valence-corrected chi connectivity index (χ1v) is 9.52. The van der Waals surface area contributed by atoms with Crippen LogP contribution in [0.25, 0.3) is 0 Å². The summed E-state index contributed by atoms with van der Waals surface area (Å²) in [6, 6.07) is 9.18. The predicted octanol–water partition coefficient (Wildman–Crippen LogP) is 2.35. The third-order valence-corrected chi connectivity index (χ3v) is 6.44. The van der Waals surface area contributed by atoms with Crippen molar-refractivity contribution < 1.29 is 14.1 Å². The molecule has 122 valence electrons. The fraction of sp³-hybridized carbons (Fsp3) is 0.562. The van der Waals surface area contributed by atoms with Gasteiger partial charge in [0, 0.05) is 21.2 Å². The highest BCUT2D eigenvalue weighted by Gasteiger charge is 2.38. The normalized spacial score (nSPS) is 20.6. The fourth-order valence-corrected chi connectivity index (χ4v) is 4.54. The molecule has 1 aromatic rings. The highest BCUT2D eigenvalue weighted by molar-refractivity contribution is 7.92. The van der Waals surface area contributed by atoms with Crippen molar-refractivity contribution in [3.05, 3.63) is 35.9 Å². The van der Waals surface area contributed by atoms with Crippen molar-refractivity contribution in [1.82, 2.24) is 0 Å². The van der Waals surface area contributed by atoms with Crippen LogP contribution in [0.5, 0.6) is 0 Å². The first-order valence-electron chi connectivity index (χ1n) is 7.63. The van der Waals surface area contributed by atoms with E-state index in [-0.39, 0.29) is 17.6 Å². The SMILES string of the molecule is N=[S@@](=O)(CC[C@H](N)C(=O)O)CCC1(c2ccccc2)CCC1. The number of nitrogens with one attached hydrogen (secondary N) is 1. The number of nitrogens with two attached hydrogens (primary N) is 1. The van der Waals surface area contributed by atoms with Gasteiger partial charge >= 0.3 is 5.97 Å². The molecule has 0 aliphatic heterocycles. The Kier molecular flexibility index (Phi) is 5.24. The summed E-state index contributed by atoms with van der Waals surface area (Å²) in [4.78, 5) is 10.7. The predicted molar refractivity (Wildman–Crippen MR) is 87.4 cm³/mol. The molecule has 0 amide bonds. The molecule has 22 heavy (non-hydrogen) atoms. The van der Waals surface area contributed by atoms with Gasteiger partial charge in [-0.15, -0.1) is 0 Å². The van der Waals surface area contributed by atoms with Crippen LogP contribution in [0.15, 0.2) is 30.3 Å². The molecular weight excluding hydrogens is 300 g/mol. The number of carboxylic acid groups (broad SMARTS) is 1. The maximum atomic E-state index is 12.3. The van der Waals surface area contributed by atoms with Gasteiger partial charge in [0.05, 0.1) is 0 Å². The van der Waals surface area contributed by atoms with Crippen LogP contribution in [0, 0.1) is 4.78 Å². The second-order valence-corrected chi connectivity index (χ2v) is 8.64. The molecule has 1 saturated carbocycles. The molecular formula is C16H24N2O3S. The van der Waals surface area contributed by atoms with Gasteiger partial charge in [-0.05, 0) is 36.7 Å². The van der Waals surface area contributed by atoms with Crippen LogP contribution in [-0.4, -0.2) is 32.8 Å². The highest BCUT2D eigenvalue weighted by atomic mass is 32.2. The number of benzene rings is 1. The van der Waals surface area contributed by atoms with Gasteiger partial charge in [-0.1, -0.05) is 36.8 Å². The summed E-state index contributed by atoms with van der Waals surface area (Å²) in [5, 5.41) is 8.75. The Morgan fingerprint density at radius 2 is 1.95 bits per heavy atom. The summed E-state index contributed by atoms with van der Waals surface area (Å²) in [5.74, 6) is -0.727. The molecule has 0 aromatic heterocycles. The summed E-state index contributed by atoms with van der Waals surface area (Å²) in [5.41, 5.74) is 6.74. The number of hydrogen-bond donors (Lipinski definition) is 3. The highest BCUT2D eigenvalue weighted by Crippen LogP contribution is 2.46. The largest absolute Gasteiger partial charge is 0.480 e. The van der Waals surface area contributed by atoms with E-state index in [2.05, 4.69) is 12.1 Å². The van der Waals surface area contributed by atoms with E-state index in [1.165, 1.54) is 5.56 Å². The summed E-state index contributed by atoms with van der Waals surface area (Å²) < 4.78 is 20.3. The lowest BCUT2D eigenvalue weighted by Gasteiger charge is -2.43. The number of rotatable bonds is 8. The van der Waals surface area contributed by atoms with Crippen molar-refractivity contribution in [2.75, 3.05) is 11.5 Å². The van der Waals surface area contributed by atoms with Gasteiger partial charge in [0.25, 0.3) is 0 Å². The third-order valence-electron chi connectivity index (χ3n) is 4.68. The van der Waals surface area contributed by atoms with Gasteiger partial charge < -0.3 is 10.8 Å². The van der Waals surface area contributed by atoms with Crippen LogP contribution in [-0.2, 0) is 19.9 Å². The first-order chi connectivity index (χ1) is 10.3.